The molecule has 0 aliphatic heterocycles. The molecular weight excluding hydrogens is 254 g/mol. The van der Waals surface area contributed by atoms with Crippen LogP contribution >= 0.6 is 0 Å². The van der Waals surface area contributed by atoms with Crippen molar-refractivity contribution >= 4 is 17.8 Å². The fourth-order valence-electron chi connectivity index (χ4n) is 1.80. The SMILES string of the molecule is COc1ccc(C)cc1C=CC(=O)Nc1cc(C)[nH]n1. The maximum Gasteiger partial charge on any atom is 0.249 e. The van der Waals surface area contributed by atoms with Crippen LogP contribution in [-0.2, 0) is 4.79 Å². The minimum absolute atomic E-state index is 0.236. The van der Waals surface area contributed by atoms with Crippen molar-refractivity contribution in [3.63, 3.8) is 0 Å². The number of hydrogen-bond donors (Lipinski definition) is 2. The smallest absolute Gasteiger partial charge is 0.249 e. The quantitative estimate of drug-likeness (QED) is 0.840. The zero-order chi connectivity index (χ0) is 14.5. The van der Waals surface area contributed by atoms with Crippen LogP contribution in [0.3, 0.4) is 0 Å². The average molecular weight is 271 g/mol. The Hall–Kier alpha value is -2.56. The molecule has 2 aromatic rings. The fraction of sp³-hybridized carbons (Fsp3) is 0.200. The number of aromatic amines is 1. The van der Waals surface area contributed by atoms with Gasteiger partial charge in [-0.1, -0.05) is 11.6 Å². The summed E-state index contributed by atoms with van der Waals surface area (Å²) < 4.78 is 5.25. The minimum atomic E-state index is -0.236. The van der Waals surface area contributed by atoms with E-state index in [0.29, 0.717) is 5.82 Å². The van der Waals surface area contributed by atoms with Gasteiger partial charge in [-0.15, -0.1) is 0 Å². The van der Waals surface area contributed by atoms with Crippen molar-refractivity contribution in [3.05, 3.63) is 47.2 Å². The molecule has 0 aliphatic rings. The van der Waals surface area contributed by atoms with E-state index in [-0.39, 0.29) is 5.91 Å². The van der Waals surface area contributed by atoms with Crippen LogP contribution in [0.2, 0.25) is 0 Å². The van der Waals surface area contributed by atoms with Gasteiger partial charge in [0.05, 0.1) is 7.11 Å². The lowest BCUT2D eigenvalue weighted by atomic mass is 10.1. The molecule has 104 valence electrons. The molecule has 2 rings (SSSR count). The summed E-state index contributed by atoms with van der Waals surface area (Å²) in [5.41, 5.74) is 2.86. The highest BCUT2D eigenvalue weighted by atomic mass is 16.5. The molecule has 0 saturated heterocycles. The molecule has 20 heavy (non-hydrogen) atoms. The number of carbonyl (C=O) groups is 1. The van der Waals surface area contributed by atoms with E-state index in [0.717, 1.165) is 22.6 Å². The predicted molar refractivity (Wildman–Crippen MR) is 78.7 cm³/mol. The Balaban J connectivity index is 2.09. The van der Waals surface area contributed by atoms with E-state index in [2.05, 4.69) is 15.5 Å². The number of nitrogens with one attached hydrogen (secondary N) is 2. The van der Waals surface area contributed by atoms with Crippen LogP contribution in [0.25, 0.3) is 6.08 Å². The molecule has 0 bridgehead atoms. The van der Waals surface area contributed by atoms with Crippen molar-refractivity contribution in [1.82, 2.24) is 10.2 Å². The largest absolute Gasteiger partial charge is 0.496 e. The highest BCUT2D eigenvalue weighted by Crippen LogP contribution is 2.21. The molecule has 1 aromatic heterocycles. The minimum Gasteiger partial charge on any atom is -0.496 e. The third-order valence-corrected chi connectivity index (χ3v) is 2.76. The molecule has 1 aromatic carbocycles. The second-order valence-electron chi connectivity index (χ2n) is 4.50. The Kier molecular flexibility index (Phi) is 4.20. The summed E-state index contributed by atoms with van der Waals surface area (Å²) in [6, 6.07) is 7.56. The second-order valence-corrected chi connectivity index (χ2v) is 4.50. The molecule has 0 atom stereocenters. The van der Waals surface area contributed by atoms with Gasteiger partial charge in [-0.3, -0.25) is 9.89 Å². The van der Waals surface area contributed by atoms with Gasteiger partial charge in [-0.2, -0.15) is 5.10 Å². The summed E-state index contributed by atoms with van der Waals surface area (Å²) in [5, 5.41) is 9.38. The van der Waals surface area contributed by atoms with Gasteiger partial charge in [0.2, 0.25) is 5.91 Å². The standard InChI is InChI=1S/C15H17N3O2/c1-10-4-6-13(20-3)12(8-10)5-7-15(19)16-14-9-11(2)17-18-14/h4-9H,1-3H3,(H2,16,17,18,19). The molecule has 0 aliphatic carbocycles. The molecule has 0 spiro atoms. The van der Waals surface area contributed by atoms with Crippen molar-refractivity contribution in [3.8, 4) is 5.75 Å². The van der Waals surface area contributed by atoms with Gasteiger partial charge < -0.3 is 10.1 Å². The number of carbonyl (C=O) groups excluding carboxylic acids is 1. The van der Waals surface area contributed by atoms with Crippen LogP contribution in [0.4, 0.5) is 5.82 Å². The molecular formula is C15H17N3O2. The Morgan fingerprint density at radius 1 is 1.35 bits per heavy atom. The Labute approximate surface area is 117 Å². The first-order valence-electron chi connectivity index (χ1n) is 6.24. The lowest BCUT2D eigenvalue weighted by Gasteiger charge is -2.05. The van der Waals surface area contributed by atoms with E-state index in [1.807, 2.05) is 32.0 Å². The predicted octanol–water partition coefficient (Wildman–Crippen LogP) is 2.69. The van der Waals surface area contributed by atoms with E-state index in [1.54, 1.807) is 19.3 Å². The highest BCUT2D eigenvalue weighted by molar-refractivity contribution is 6.01. The number of H-pyrrole nitrogens is 1. The van der Waals surface area contributed by atoms with E-state index in [4.69, 9.17) is 4.74 Å². The molecule has 2 N–H and O–H groups in total. The first-order chi connectivity index (χ1) is 9.58. The van der Waals surface area contributed by atoms with E-state index < -0.39 is 0 Å². The van der Waals surface area contributed by atoms with E-state index in [1.165, 1.54) is 6.08 Å². The Bertz CT molecular complexity index is 644. The van der Waals surface area contributed by atoms with Crippen LogP contribution in [0.15, 0.2) is 30.3 Å². The van der Waals surface area contributed by atoms with Crippen LogP contribution < -0.4 is 10.1 Å². The third-order valence-electron chi connectivity index (χ3n) is 2.76. The molecule has 5 nitrogen and oxygen atoms in total. The van der Waals surface area contributed by atoms with Gasteiger partial charge in [0.25, 0.3) is 0 Å². The summed E-state index contributed by atoms with van der Waals surface area (Å²) in [6.45, 7) is 3.86. The highest BCUT2D eigenvalue weighted by Gasteiger charge is 2.03. The topological polar surface area (TPSA) is 67.0 Å². The summed E-state index contributed by atoms with van der Waals surface area (Å²) in [7, 11) is 1.61. The van der Waals surface area contributed by atoms with Crippen LogP contribution in [0.5, 0.6) is 5.75 Å². The first-order valence-corrected chi connectivity index (χ1v) is 6.24. The number of amides is 1. The number of aromatic nitrogens is 2. The maximum atomic E-state index is 11.8. The number of rotatable bonds is 4. The van der Waals surface area contributed by atoms with Crippen molar-refractivity contribution < 1.29 is 9.53 Å². The van der Waals surface area contributed by atoms with Gasteiger partial charge in [-0.05, 0) is 32.1 Å². The zero-order valence-corrected chi connectivity index (χ0v) is 11.7. The number of nitrogens with zero attached hydrogens (tertiary/aromatic N) is 1. The van der Waals surface area contributed by atoms with E-state index in [9.17, 15) is 4.79 Å². The lowest BCUT2D eigenvalue weighted by Crippen LogP contribution is -2.07. The number of ether oxygens (including phenoxy) is 1. The Morgan fingerprint density at radius 3 is 2.80 bits per heavy atom. The molecule has 1 heterocycles. The second kappa shape index (κ2) is 6.06. The van der Waals surface area contributed by atoms with Crippen LogP contribution in [-0.4, -0.2) is 23.2 Å². The first kappa shape index (κ1) is 13.9. The van der Waals surface area contributed by atoms with E-state index >= 15 is 0 Å². The third kappa shape index (κ3) is 3.47. The van der Waals surface area contributed by atoms with Gasteiger partial charge in [0.1, 0.15) is 5.75 Å². The molecule has 0 unspecified atom stereocenters. The van der Waals surface area contributed by atoms with Gasteiger partial charge in [0, 0.05) is 23.4 Å². The summed E-state index contributed by atoms with van der Waals surface area (Å²) in [5.74, 6) is 1.00. The molecule has 1 amide bonds. The molecule has 0 radical (unpaired) electrons. The monoisotopic (exact) mass is 271 g/mol. The summed E-state index contributed by atoms with van der Waals surface area (Å²) in [6.07, 6.45) is 3.18. The van der Waals surface area contributed by atoms with Gasteiger partial charge in [-0.25, -0.2) is 0 Å². The van der Waals surface area contributed by atoms with Crippen molar-refractivity contribution in [2.24, 2.45) is 0 Å². The number of hydrogen-bond acceptors (Lipinski definition) is 3. The Morgan fingerprint density at radius 2 is 2.15 bits per heavy atom. The number of benzene rings is 1. The van der Waals surface area contributed by atoms with Crippen molar-refractivity contribution in [1.29, 1.82) is 0 Å². The number of anilines is 1. The van der Waals surface area contributed by atoms with Gasteiger partial charge >= 0.3 is 0 Å². The van der Waals surface area contributed by atoms with Crippen molar-refractivity contribution in [2.75, 3.05) is 12.4 Å². The zero-order valence-electron chi connectivity index (χ0n) is 11.7. The number of aryl methyl sites for hydroxylation is 2. The fourth-order valence-corrected chi connectivity index (χ4v) is 1.80. The number of methoxy groups -OCH3 is 1. The molecule has 5 heteroatoms. The lowest BCUT2D eigenvalue weighted by molar-refractivity contribution is -0.111. The molecule has 0 saturated carbocycles. The van der Waals surface area contributed by atoms with Crippen LogP contribution in [0, 0.1) is 13.8 Å². The normalized spacial score (nSPS) is 10.8. The summed E-state index contributed by atoms with van der Waals surface area (Å²) >= 11 is 0. The van der Waals surface area contributed by atoms with Gasteiger partial charge in [0.15, 0.2) is 5.82 Å². The summed E-state index contributed by atoms with van der Waals surface area (Å²) in [4.78, 5) is 11.8. The molecule has 0 fully saturated rings. The maximum absolute atomic E-state index is 11.8. The van der Waals surface area contributed by atoms with Crippen molar-refractivity contribution in [2.45, 2.75) is 13.8 Å². The average Bonchev–Trinajstić information content (AvgIpc) is 2.82. The van der Waals surface area contributed by atoms with Crippen LogP contribution in [0.1, 0.15) is 16.8 Å².